The van der Waals surface area contributed by atoms with E-state index in [1.165, 1.54) is 15.4 Å². The number of nitrogens with one attached hydrogen (secondary N) is 3. The number of amides is 6. The maximum Gasteiger partial charge on any atom is 0.234 e. The van der Waals surface area contributed by atoms with Crippen LogP contribution in [0.1, 0.15) is 33.1 Å². The Bertz CT molecular complexity index is 1500. The highest BCUT2D eigenvalue weighted by atomic mass is 16.2. The monoisotopic (exact) mass is 643 g/mol. The second kappa shape index (κ2) is 12.6. The molecular weight excluding hydrogens is 598 g/mol. The third-order valence-electron chi connectivity index (χ3n) is 11.8. The average molecular weight is 644 g/mol. The largest absolute Gasteiger partial charge is 0.354 e. The Hall–Kier alpha value is -3.86. The fraction of sp³-hybridized carbons (Fsp3) is 0.611. The molecule has 9 aliphatic rings. The first-order valence-corrected chi connectivity index (χ1v) is 17.4. The summed E-state index contributed by atoms with van der Waals surface area (Å²) in [7, 11) is 0. The molecule has 47 heavy (non-hydrogen) atoms. The molecule has 0 aromatic rings. The number of carbonyl (C=O) groups is 6. The molecule has 0 radical (unpaired) electrons. The number of imide groups is 2. The molecule has 4 bridgehead atoms. The predicted octanol–water partition coefficient (Wildman–Crippen LogP) is 1.20. The van der Waals surface area contributed by atoms with E-state index in [1.54, 1.807) is 0 Å². The summed E-state index contributed by atoms with van der Waals surface area (Å²) in [6.07, 6.45) is 16.2. The molecule has 2 aliphatic heterocycles. The van der Waals surface area contributed by atoms with E-state index in [2.05, 4.69) is 59.3 Å². The van der Waals surface area contributed by atoms with Crippen molar-refractivity contribution in [3.05, 3.63) is 48.1 Å². The molecule has 2 saturated carbocycles. The second-order valence-electron chi connectivity index (χ2n) is 14.3. The van der Waals surface area contributed by atoms with Gasteiger partial charge in [-0.15, -0.1) is 0 Å². The van der Waals surface area contributed by atoms with E-state index in [4.69, 9.17) is 0 Å². The molecule has 10 unspecified atom stereocenters. The minimum atomic E-state index is -0.303. The van der Waals surface area contributed by atoms with E-state index < -0.39 is 0 Å². The van der Waals surface area contributed by atoms with Gasteiger partial charge in [-0.3, -0.25) is 38.6 Å². The third-order valence-corrected chi connectivity index (χ3v) is 11.8. The zero-order chi connectivity index (χ0) is 33.0. The van der Waals surface area contributed by atoms with Gasteiger partial charge in [0.05, 0.1) is 23.7 Å². The highest BCUT2D eigenvalue weighted by Crippen LogP contribution is 2.60. The fourth-order valence-electron chi connectivity index (χ4n) is 9.78. The Morgan fingerprint density at radius 1 is 0.745 bits per heavy atom. The van der Waals surface area contributed by atoms with Crippen LogP contribution in [0.25, 0.3) is 0 Å². The second-order valence-corrected chi connectivity index (χ2v) is 14.3. The zero-order valence-electron chi connectivity index (χ0n) is 27.1. The minimum absolute atomic E-state index is 0.0302. The molecule has 9 rings (SSSR count). The number of carbonyl (C=O) groups excluding carboxylic acids is 6. The van der Waals surface area contributed by atoms with Gasteiger partial charge in [0.25, 0.3) is 0 Å². The predicted molar refractivity (Wildman–Crippen MR) is 171 cm³/mol. The van der Waals surface area contributed by atoms with Crippen molar-refractivity contribution in [3.63, 3.8) is 0 Å². The maximum atomic E-state index is 13.2. The van der Waals surface area contributed by atoms with Crippen molar-refractivity contribution < 1.29 is 28.8 Å². The lowest BCUT2D eigenvalue weighted by Crippen LogP contribution is -2.50. The van der Waals surface area contributed by atoms with Crippen molar-refractivity contribution in [1.82, 2.24) is 25.8 Å². The van der Waals surface area contributed by atoms with Crippen LogP contribution in [-0.4, -0.2) is 84.5 Å². The number of fused-ring (bicyclic) bond motifs is 1. The average Bonchev–Trinajstić information content (AvgIpc) is 3.47. The molecule has 2 saturated heterocycles. The fourth-order valence-corrected chi connectivity index (χ4v) is 9.78. The molecule has 11 nitrogen and oxygen atoms in total. The molecule has 0 spiro atoms. The van der Waals surface area contributed by atoms with Crippen LogP contribution in [0.5, 0.6) is 0 Å². The zero-order valence-corrected chi connectivity index (χ0v) is 27.1. The number of likely N-dealkylation sites (tertiary alicyclic amines) is 2. The summed E-state index contributed by atoms with van der Waals surface area (Å²) in [5.74, 6) is -0.659. The third kappa shape index (κ3) is 5.30. The van der Waals surface area contributed by atoms with E-state index in [0.29, 0.717) is 24.9 Å². The summed E-state index contributed by atoms with van der Waals surface area (Å²) in [5.41, 5.74) is 1.32. The van der Waals surface area contributed by atoms with Gasteiger partial charge in [-0.1, -0.05) is 55.0 Å². The van der Waals surface area contributed by atoms with Gasteiger partial charge in [-0.05, 0) is 48.9 Å². The van der Waals surface area contributed by atoms with Gasteiger partial charge in [0, 0.05) is 58.0 Å². The standard InChI is InChI=1S/C36H45N5O6/c1-3-4-20-18-21-5-6-22(20)30-29(21)33(44)40(34(30)45)15-13-38-26(42)9-11-37-12-10-27(43)39-14-16-41-35(46)31-23-7-8-24(32(31)36(41)47)28-19(2)17-25(23)28/h3-8,17,19-24,28-32,37H,9-16,18H2,1-2H3,(H,38,42)(H,39,43)/b4-3-/t19-,20?,21?,22?,23?,24?,28?,29?,30?,31?,32?/m1/s1. The van der Waals surface area contributed by atoms with Crippen LogP contribution in [0.4, 0.5) is 0 Å². The number of hydrogen-bond acceptors (Lipinski definition) is 7. The van der Waals surface area contributed by atoms with Crippen LogP contribution in [0.15, 0.2) is 48.1 Å². The molecule has 7 aliphatic carbocycles. The molecule has 250 valence electrons. The Morgan fingerprint density at radius 3 is 1.94 bits per heavy atom. The van der Waals surface area contributed by atoms with E-state index in [0.717, 1.165) is 6.42 Å². The lowest BCUT2D eigenvalue weighted by Gasteiger charge is -2.53. The summed E-state index contributed by atoms with van der Waals surface area (Å²) in [6.45, 7) is 5.66. The van der Waals surface area contributed by atoms with Crippen LogP contribution in [-0.2, 0) is 28.8 Å². The summed E-state index contributed by atoms with van der Waals surface area (Å²) < 4.78 is 0. The summed E-state index contributed by atoms with van der Waals surface area (Å²) in [4.78, 5) is 80.2. The Balaban J connectivity index is 0.763. The van der Waals surface area contributed by atoms with E-state index in [9.17, 15) is 28.8 Å². The first-order valence-electron chi connectivity index (χ1n) is 17.4. The normalized spacial score (nSPS) is 37.3. The van der Waals surface area contributed by atoms with Crippen molar-refractivity contribution in [1.29, 1.82) is 0 Å². The Kier molecular flexibility index (Phi) is 8.53. The Morgan fingerprint density at radius 2 is 1.32 bits per heavy atom. The Labute approximate surface area is 275 Å². The van der Waals surface area contributed by atoms with Crippen molar-refractivity contribution >= 4 is 35.4 Å². The molecule has 3 N–H and O–H groups in total. The van der Waals surface area contributed by atoms with Crippen molar-refractivity contribution in [2.24, 2.45) is 65.1 Å². The summed E-state index contributed by atoms with van der Waals surface area (Å²) >= 11 is 0. The van der Waals surface area contributed by atoms with Crippen LogP contribution >= 0.6 is 0 Å². The van der Waals surface area contributed by atoms with Crippen LogP contribution in [0.2, 0.25) is 0 Å². The number of nitrogens with zero attached hydrogens (tertiary/aromatic N) is 2. The molecule has 0 aromatic heterocycles. The number of rotatable bonds is 13. The lowest BCUT2D eigenvalue weighted by molar-refractivity contribution is -0.141. The first kappa shape index (κ1) is 31.7. The first-order chi connectivity index (χ1) is 22.7. The molecule has 11 heteroatoms. The van der Waals surface area contributed by atoms with Gasteiger partial charge >= 0.3 is 0 Å². The van der Waals surface area contributed by atoms with Crippen LogP contribution < -0.4 is 16.0 Å². The topological polar surface area (TPSA) is 145 Å². The van der Waals surface area contributed by atoms with E-state index in [1.807, 2.05) is 13.0 Å². The summed E-state index contributed by atoms with van der Waals surface area (Å²) in [6, 6.07) is 0. The maximum absolute atomic E-state index is 13.2. The highest BCUT2D eigenvalue weighted by Gasteiger charge is 2.63. The lowest BCUT2D eigenvalue weighted by atomic mass is 9.49. The van der Waals surface area contributed by atoms with E-state index >= 15 is 0 Å². The van der Waals surface area contributed by atoms with E-state index in [-0.39, 0.29) is 128 Å². The molecule has 11 atom stereocenters. The van der Waals surface area contributed by atoms with Gasteiger partial charge in [-0.25, -0.2) is 0 Å². The molecular formula is C36H45N5O6. The molecule has 4 fully saturated rings. The number of allylic oxidation sites excluding steroid dienone is 8. The smallest absolute Gasteiger partial charge is 0.234 e. The van der Waals surface area contributed by atoms with Gasteiger partial charge in [0.2, 0.25) is 35.4 Å². The van der Waals surface area contributed by atoms with Gasteiger partial charge in [0.1, 0.15) is 0 Å². The molecule has 6 amide bonds. The molecule has 2 heterocycles. The quantitative estimate of drug-likeness (QED) is 0.155. The highest BCUT2D eigenvalue weighted by molar-refractivity contribution is 6.07. The van der Waals surface area contributed by atoms with Crippen molar-refractivity contribution in [2.75, 3.05) is 39.3 Å². The van der Waals surface area contributed by atoms with Crippen LogP contribution in [0.3, 0.4) is 0 Å². The summed E-state index contributed by atoms with van der Waals surface area (Å²) in [5, 5.41) is 8.70. The molecule has 0 aromatic carbocycles. The van der Waals surface area contributed by atoms with Gasteiger partial charge in [-0.2, -0.15) is 0 Å². The van der Waals surface area contributed by atoms with Gasteiger partial charge in [0.15, 0.2) is 0 Å². The van der Waals surface area contributed by atoms with Crippen molar-refractivity contribution in [2.45, 2.75) is 33.1 Å². The van der Waals surface area contributed by atoms with Crippen LogP contribution in [0, 0.1) is 65.1 Å². The SMILES string of the molecule is C/C=C\C1CC2C=CC1C1C(=O)N(CCNC(=O)CCNCCC(=O)NCCN3C(=O)C4C5C=CC(C4C3=O)C3C5=C[C@H]3C)C(=O)C21. The van der Waals surface area contributed by atoms with Crippen molar-refractivity contribution in [3.8, 4) is 0 Å². The number of hydrogen-bond donors (Lipinski definition) is 3. The minimum Gasteiger partial charge on any atom is -0.354 e. The van der Waals surface area contributed by atoms with Gasteiger partial charge < -0.3 is 16.0 Å².